The Morgan fingerprint density at radius 2 is 2.10 bits per heavy atom. The van der Waals surface area contributed by atoms with Crippen LogP contribution in [0, 0.1) is 5.92 Å². The van der Waals surface area contributed by atoms with E-state index in [0.717, 1.165) is 0 Å². The van der Waals surface area contributed by atoms with Crippen molar-refractivity contribution in [3.63, 3.8) is 0 Å². The summed E-state index contributed by atoms with van der Waals surface area (Å²) in [5.41, 5.74) is 5.95. The van der Waals surface area contributed by atoms with Crippen LogP contribution in [0.25, 0.3) is 0 Å². The third-order valence-corrected chi connectivity index (χ3v) is 3.75. The standard InChI is InChI=1S/C13H14ClF3N2O/c14-9-4-1-5-10(18)11(9)12(20)19-6-2-3-8(7-19)13(15,16)17/h1,4-5,8H,2-3,6-7,18H2. The first-order valence-corrected chi connectivity index (χ1v) is 6.58. The molecular weight excluding hydrogens is 293 g/mol. The van der Waals surface area contributed by atoms with Gasteiger partial charge in [-0.2, -0.15) is 13.2 Å². The van der Waals surface area contributed by atoms with E-state index in [9.17, 15) is 18.0 Å². The lowest BCUT2D eigenvalue weighted by Gasteiger charge is -2.34. The van der Waals surface area contributed by atoms with Gasteiger partial charge in [-0.25, -0.2) is 0 Å². The minimum absolute atomic E-state index is 0.0469. The number of amides is 1. The topological polar surface area (TPSA) is 46.3 Å². The van der Waals surface area contributed by atoms with Gasteiger partial charge in [0.1, 0.15) is 0 Å². The molecular formula is C13H14ClF3N2O. The van der Waals surface area contributed by atoms with E-state index in [0.29, 0.717) is 6.42 Å². The number of rotatable bonds is 1. The van der Waals surface area contributed by atoms with Crippen LogP contribution in [-0.4, -0.2) is 30.1 Å². The third-order valence-electron chi connectivity index (χ3n) is 3.43. The highest BCUT2D eigenvalue weighted by Gasteiger charge is 2.43. The number of alkyl halides is 3. The molecule has 1 amide bonds. The fourth-order valence-electron chi connectivity index (χ4n) is 2.35. The number of nitrogens with zero attached hydrogens (tertiary/aromatic N) is 1. The molecule has 0 bridgehead atoms. The summed E-state index contributed by atoms with van der Waals surface area (Å²) in [6.07, 6.45) is -3.92. The number of hydrogen-bond acceptors (Lipinski definition) is 2. The summed E-state index contributed by atoms with van der Waals surface area (Å²) >= 11 is 5.92. The van der Waals surface area contributed by atoms with Crippen molar-refractivity contribution in [1.29, 1.82) is 0 Å². The van der Waals surface area contributed by atoms with Crippen molar-refractivity contribution in [2.45, 2.75) is 19.0 Å². The number of likely N-dealkylation sites (tertiary alicyclic amines) is 1. The summed E-state index contributed by atoms with van der Waals surface area (Å²) in [5, 5.41) is 0.157. The first-order chi connectivity index (χ1) is 9.30. The lowest BCUT2D eigenvalue weighted by Crippen LogP contribution is -2.44. The number of benzene rings is 1. The second-order valence-electron chi connectivity index (χ2n) is 4.84. The number of hydrogen-bond donors (Lipinski definition) is 1. The van der Waals surface area contributed by atoms with Gasteiger partial charge in [-0.3, -0.25) is 4.79 Å². The minimum atomic E-state index is -4.29. The Bertz CT molecular complexity index is 499. The fourth-order valence-corrected chi connectivity index (χ4v) is 2.62. The molecule has 1 atom stereocenters. The lowest BCUT2D eigenvalue weighted by molar-refractivity contribution is -0.184. The molecule has 2 N–H and O–H groups in total. The van der Waals surface area contributed by atoms with Crippen molar-refractivity contribution in [1.82, 2.24) is 4.90 Å². The van der Waals surface area contributed by atoms with Crippen LogP contribution in [0.15, 0.2) is 18.2 Å². The molecule has 1 heterocycles. The van der Waals surface area contributed by atoms with Gasteiger partial charge >= 0.3 is 6.18 Å². The van der Waals surface area contributed by atoms with Gasteiger partial charge in [0.05, 0.1) is 16.5 Å². The first-order valence-electron chi connectivity index (χ1n) is 6.20. The van der Waals surface area contributed by atoms with E-state index in [-0.39, 0.29) is 35.8 Å². The molecule has 0 aliphatic carbocycles. The third kappa shape index (κ3) is 3.00. The van der Waals surface area contributed by atoms with Gasteiger partial charge in [0.2, 0.25) is 0 Å². The van der Waals surface area contributed by atoms with Gasteiger partial charge in [-0.1, -0.05) is 17.7 Å². The molecule has 0 saturated carbocycles. The number of halogens is 4. The SMILES string of the molecule is Nc1cccc(Cl)c1C(=O)N1CCCC(C(F)(F)F)C1. The highest BCUT2D eigenvalue weighted by molar-refractivity contribution is 6.34. The molecule has 1 fully saturated rings. The second kappa shape index (κ2) is 5.52. The van der Waals surface area contributed by atoms with Gasteiger partial charge in [0, 0.05) is 18.8 Å². The van der Waals surface area contributed by atoms with E-state index >= 15 is 0 Å². The zero-order valence-electron chi connectivity index (χ0n) is 10.6. The van der Waals surface area contributed by atoms with Gasteiger partial charge in [0.15, 0.2) is 0 Å². The molecule has 20 heavy (non-hydrogen) atoms. The molecule has 0 aromatic heterocycles. The van der Waals surface area contributed by atoms with Crippen LogP contribution in [0.4, 0.5) is 18.9 Å². The van der Waals surface area contributed by atoms with Crippen molar-refractivity contribution >= 4 is 23.2 Å². The Balaban J connectivity index is 2.21. The van der Waals surface area contributed by atoms with Gasteiger partial charge in [-0.15, -0.1) is 0 Å². The molecule has 0 spiro atoms. The monoisotopic (exact) mass is 306 g/mol. The quantitative estimate of drug-likeness (QED) is 0.809. The molecule has 1 aliphatic heterocycles. The zero-order valence-corrected chi connectivity index (χ0v) is 11.3. The normalized spacial score (nSPS) is 20.0. The average Bonchev–Trinajstić information content (AvgIpc) is 2.37. The Morgan fingerprint density at radius 3 is 2.70 bits per heavy atom. The van der Waals surface area contributed by atoms with Gasteiger partial charge in [0.25, 0.3) is 5.91 Å². The fraction of sp³-hybridized carbons (Fsp3) is 0.462. The predicted octanol–water partition coefficient (Wildman–Crippen LogP) is 3.34. The highest BCUT2D eigenvalue weighted by Crippen LogP contribution is 2.34. The summed E-state index contributed by atoms with van der Waals surface area (Å²) < 4.78 is 38.3. The summed E-state index contributed by atoms with van der Waals surface area (Å²) in [4.78, 5) is 13.5. The Labute approximate surface area is 119 Å². The van der Waals surface area contributed by atoms with Crippen molar-refractivity contribution in [2.75, 3.05) is 18.8 Å². The number of nitrogens with two attached hydrogens (primary N) is 1. The van der Waals surface area contributed by atoms with E-state index in [2.05, 4.69) is 0 Å². The van der Waals surface area contributed by atoms with E-state index < -0.39 is 18.0 Å². The maximum Gasteiger partial charge on any atom is 0.393 e. The highest BCUT2D eigenvalue weighted by atomic mass is 35.5. The van der Waals surface area contributed by atoms with Gasteiger partial charge < -0.3 is 10.6 Å². The van der Waals surface area contributed by atoms with E-state index in [1.54, 1.807) is 6.07 Å². The molecule has 110 valence electrons. The number of anilines is 1. The maximum absolute atomic E-state index is 12.8. The van der Waals surface area contributed by atoms with E-state index in [1.165, 1.54) is 17.0 Å². The second-order valence-corrected chi connectivity index (χ2v) is 5.24. The lowest BCUT2D eigenvalue weighted by atomic mass is 9.96. The average molecular weight is 307 g/mol. The summed E-state index contributed by atoms with van der Waals surface area (Å²) in [6.45, 7) is -0.0525. The predicted molar refractivity (Wildman–Crippen MR) is 70.5 cm³/mol. The molecule has 7 heteroatoms. The van der Waals surface area contributed by atoms with Gasteiger partial charge in [-0.05, 0) is 25.0 Å². The van der Waals surface area contributed by atoms with Crippen molar-refractivity contribution in [2.24, 2.45) is 5.92 Å². The Morgan fingerprint density at radius 1 is 1.40 bits per heavy atom. The zero-order chi connectivity index (χ0) is 14.9. The summed E-state index contributed by atoms with van der Waals surface area (Å²) in [7, 11) is 0. The first kappa shape index (κ1) is 15.0. The van der Waals surface area contributed by atoms with Crippen LogP contribution < -0.4 is 5.73 Å². The smallest absolute Gasteiger partial charge is 0.393 e. The van der Waals surface area contributed by atoms with Crippen LogP contribution in [0.1, 0.15) is 23.2 Å². The minimum Gasteiger partial charge on any atom is -0.398 e. The molecule has 1 aromatic carbocycles. The maximum atomic E-state index is 12.8. The van der Waals surface area contributed by atoms with Crippen LogP contribution in [-0.2, 0) is 0 Å². The van der Waals surface area contributed by atoms with E-state index in [4.69, 9.17) is 17.3 Å². The number of piperidine rings is 1. The molecule has 1 aromatic rings. The Hall–Kier alpha value is -1.43. The van der Waals surface area contributed by atoms with Crippen LogP contribution in [0.2, 0.25) is 5.02 Å². The molecule has 2 rings (SSSR count). The van der Waals surface area contributed by atoms with E-state index in [1.807, 2.05) is 0 Å². The molecule has 1 saturated heterocycles. The van der Waals surface area contributed by atoms with Crippen molar-refractivity contribution < 1.29 is 18.0 Å². The van der Waals surface area contributed by atoms with Crippen molar-refractivity contribution in [3.8, 4) is 0 Å². The molecule has 0 radical (unpaired) electrons. The van der Waals surface area contributed by atoms with Crippen LogP contribution >= 0.6 is 11.6 Å². The molecule has 3 nitrogen and oxygen atoms in total. The number of carbonyl (C=O) groups is 1. The van der Waals surface area contributed by atoms with Crippen LogP contribution in [0.5, 0.6) is 0 Å². The molecule has 1 unspecified atom stereocenters. The largest absolute Gasteiger partial charge is 0.398 e. The number of nitrogen functional groups attached to an aromatic ring is 1. The summed E-state index contributed by atoms with van der Waals surface area (Å²) in [6, 6.07) is 4.59. The van der Waals surface area contributed by atoms with Crippen LogP contribution in [0.3, 0.4) is 0 Å². The molecule has 1 aliphatic rings. The number of carbonyl (C=O) groups excluding carboxylic acids is 1. The Kier molecular flexibility index (Phi) is 4.13. The van der Waals surface area contributed by atoms with Crippen molar-refractivity contribution in [3.05, 3.63) is 28.8 Å². The summed E-state index contributed by atoms with van der Waals surface area (Å²) in [5.74, 6) is -2.02.